The van der Waals surface area contributed by atoms with Crippen LogP contribution >= 0.6 is 0 Å². The van der Waals surface area contributed by atoms with E-state index in [1.807, 2.05) is 18.2 Å². The Kier molecular flexibility index (Phi) is 7.17. The lowest BCUT2D eigenvalue weighted by Crippen LogP contribution is -2.11. The molecule has 1 nitrogen and oxygen atoms in total. The van der Waals surface area contributed by atoms with Crippen molar-refractivity contribution in [2.45, 2.75) is 51.6 Å². The van der Waals surface area contributed by atoms with Crippen molar-refractivity contribution < 1.29 is 5.11 Å². The molecule has 1 heteroatoms. The Hall–Kier alpha value is -1.30. The molecule has 0 saturated carbocycles. The molecule has 1 aromatic carbocycles. The minimum Gasteiger partial charge on any atom is -0.388 e. The van der Waals surface area contributed by atoms with Crippen LogP contribution in [0.4, 0.5) is 0 Å². The van der Waals surface area contributed by atoms with Gasteiger partial charge in [0.1, 0.15) is 0 Å². The second kappa shape index (κ2) is 8.74. The average Bonchev–Trinajstić information content (AvgIpc) is 2.42. The van der Waals surface area contributed by atoms with E-state index in [-0.39, 0.29) is 6.10 Å². The molecule has 18 heavy (non-hydrogen) atoms. The predicted octanol–water partition coefficient (Wildman–Crippen LogP) is 4.27. The summed E-state index contributed by atoms with van der Waals surface area (Å²) in [6.07, 6.45) is 5.72. The van der Waals surface area contributed by atoms with E-state index in [0.29, 0.717) is 0 Å². The molecule has 0 aliphatic carbocycles. The monoisotopic (exact) mass is 244 g/mol. The lowest BCUT2D eigenvalue weighted by Gasteiger charge is -2.13. The SMILES string of the molecule is C=C=C(CCCCC)C(O)CCc1ccccc1. The Balaban J connectivity index is 2.38. The topological polar surface area (TPSA) is 20.2 Å². The van der Waals surface area contributed by atoms with Crippen molar-refractivity contribution in [2.24, 2.45) is 0 Å². The van der Waals surface area contributed by atoms with Gasteiger partial charge in [0.15, 0.2) is 0 Å². The fourth-order valence-corrected chi connectivity index (χ4v) is 2.06. The van der Waals surface area contributed by atoms with Gasteiger partial charge >= 0.3 is 0 Å². The van der Waals surface area contributed by atoms with E-state index in [4.69, 9.17) is 0 Å². The summed E-state index contributed by atoms with van der Waals surface area (Å²) in [5.41, 5.74) is 5.16. The van der Waals surface area contributed by atoms with Crippen LogP contribution < -0.4 is 0 Å². The second-order valence-electron chi connectivity index (χ2n) is 4.70. The van der Waals surface area contributed by atoms with Crippen molar-refractivity contribution in [3.8, 4) is 0 Å². The largest absolute Gasteiger partial charge is 0.388 e. The smallest absolute Gasteiger partial charge is 0.0826 e. The molecule has 0 radical (unpaired) electrons. The first kappa shape index (κ1) is 14.8. The molecular weight excluding hydrogens is 220 g/mol. The zero-order chi connectivity index (χ0) is 13.2. The van der Waals surface area contributed by atoms with Crippen molar-refractivity contribution in [1.29, 1.82) is 0 Å². The predicted molar refractivity (Wildman–Crippen MR) is 77.6 cm³/mol. The van der Waals surface area contributed by atoms with Gasteiger partial charge in [-0.1, -0.05) is 56.7 Å². The highest BCUT2D eigenvalue weighted by atomic mass is 16.3. The number of unbranched alkanes of at least 4 members (excludes halogenated alkanes) is 2. The number of aryl methyl sites for hydroxylation is 1. The molecule has 0 saturated heterocycles. The lowest BCUT2D eigenvalue weighted by atomic mass is 9.98. The van der Waals surface area contributed by atoms with Crippen LogP contribution in [0.3, 0.4) is 0 Å². The summed E-state index contributed by atoms with van der Waals surface area (Å²) in [6, 6.07) is 10.3. The number of rotatable bonds is 8. The van der Waals surface area contributed by atoms with E-state index in [1.165, 1.54) is 18.4 Å². The van der Waals surface area contributed by atoms with Gasteiger partial charge in [-0.3, -0.25) is 0 Å². The molecule has 1 N–H and O–H groups in total. The van der Waals surface area contributed by atoms with E-state index >= 15 is 0 Å². The first-order valence-corrected chi connectivity index (χ1v) is 6.88. The Morgan fingerprint density at radius 2 is 2.00 bits per heavy atom. The maximum absolute atomic E-state index is 10.1. The number of aliphatic hydroxyl groups is 1. The molecule has 0 spiro atoms. The standard InChI is InChI=1S/C17H24O/c1-3-5-7-12-16(4-2)17(18)14-13-15-10-8-6-9-11-15/h6,8-11,17-18H,2-3,5,7,12-14H2,1H3. The Morgan fingerprint density at radius 3 is 2.61 bits per heavy atom. The van der Waals surface area contributed by atoms with Crippen LogP contribution in [0, 0.1) is 0 Å². The number of aliphatic hydroxyl groups excluding tert-OH is 1. The van der Waals surface area contributed by atoms with Gasteiger partial charge in [0.25, 0.3) is 0 Å². The third-order valence-electron chi connectivity index (χ3n) is 3.23. The summed E-state index contributed by atoms with van der Waals surface area (Å²) in [5, 5.41) is 10.1. The van der Waals surface area contributed by atoms with Crippen LogP contribution in [0.15, 0.2) is 48.2 Å². The van der Waals surface area contributed by atoms with Crippen molar-refractivity contribution in [2.75, 3.05) is 0 Å². The highest BCUT2D eigenvalue weighted by molar-refractivity contribution is 5.16. The fraction of sp³-hybridized carbons (Fsp3) is 0.471. The van der Waals surface area contributed by atoms with Crippen LogP contribution in [0.2, 0.25) is 0 Å². The van der Waals surface area contributed by atoms with Crippen LogP contribution in [0.5, 0.6) is 0 Å². The number of benzene rings is 1. The molecule has 1 aromatic rings. The van der Waals surface area contributed by atoms with Crippen molar-refractivity contribution >= 4 is 0 Å². The van der Waals surface area contributed by atoms with E-state index in [0.717, 1.165) is 31.3 Å². The molecule has 0 fully saturated rings. The third kappa shape index (κ3) is 5.35. The molecule has 1 rings (SSSR count). The van der Waals surface area contributed by atoms with Crippen molar-refractivity contribution in [1.82, 2.24) is 0 Å². The van der Waals surface area contributed by atoms with E-state index in [2.05, 4.69) is 31.4 Å². The first-order chi connectivity index (χ1) is 8.77. The van der Waals surface area contributed by atoms with Crippen LogP contribution in [0.1, 0.15) is 44.6 Å². The molecule has 0 heterocycles. The zero-order valence-electron chi connectivity index (χ0n) is 11.4. The molecule has 1 atom stereocenters. The zero-order valence-corrected chi connectivity index (χ0v) is 11.4. The summed E-state index contributed by atoms with van der Waals surface area (Å²) >= 11 is 0. The van der Waals surface area contributed by atoms with Gasteiger partial charge in [-0.25, -0.2) is 0 Å². The maximum Gasteiger partial charge on any atom is 0.0826 e. The summed E-state index contributed by atoms with van der Waals surface area (Å²) in [6.45, 7) is 5.88. The molecule has 0 bridgehead atoms. The van der Waals surface area contributed by atoms with Gasteiger partial charge in [0, 0.05) is 0 Å². The quantitative estimate of drug-likeness (QED) is 0.535. The summed E-state index contributed by atoms with van der Waals surface area (Å²) in [4.78, 5) is 0. The van der Waals surface area contributed by atoms with Gasteiger partial charge < -0.3 is 5.11 Å². The van der Waals surface area contributed by atoms with E-state index < -0.39 is 0 Å². The maximum atomic E-state index is 10.1. The molecule has 0 amide bonds. The van der Waals surface area contributed by atoms with Gasteiger partial charge in [0.05, 0.1) is 6.10 Å². The molecule has 98 valence electrons. The highest BCUT2D eigenvalue weighted by Gasteiger charge is 2.10. The van der Waals surface area contributed by atoms with Gasteiger partial charge in [-0.05, 0) is 36.8 Å². The van der Waals surface area contributed by atoms with Crippen LogP contribution in [-0.4, -0.2) is 11.2 Å². The second-order valence-corrected chi connectivity index (χ2v) is 4.70. The Morgan fingerprint density at radius 1 is 1.28 bits per heavy atom. The minimum atomic E-state index is -0.389. The molecule has 0 aromatic heterocycles. The number of hydrogen-bond acceptors (Lipinski definition) is 1. The molecule has 0 aliphatic heterocycles. The Labute approximate surface area is 111 Å². The summed E-state index contributed by atoms with van der Waals surface area (Å²) in [5.74, 6) is 0. The highest BCUT2D eigenvalue weighted by Crippen LogP contribution is 2.16. The molecule has 0 aliphatic rings. The first-order valence-electron chi connectivity index (χ1n) is 6.88. The van der Waals surface area contributed by atoms with Gasteiger partial charge in [-0.2, -0.15) is 0 Å². The molecule has 1 unspecified atom stereocenters. The van der Waals surface area contributed by atoms with E-state index in [1.54, 1.807) is 0 Å². The summed E-state index contributed by atoms with van der Waals surface area (Å²) < 4.78 is 0. The lowest BCUT2D eigenvalue weighted by molar-refractivity contribution is 0.196. The summed E-state index contributed by atoms with van der Waals surface area (Å²) in [7, 11) is 0. The number of hydrogen-bond donors (Lipinski definition) is 1. The van der Waals surface area contributed by atoms with Crippen molar-refractivity contribution in [3.63, 3.8) is 0 Å². The third-order valence-corrected chi connectivity index (χ3v) is 3.23. The van der Waals surface area contributed by atoms with E-state index in [9.17, 15) is 5.11 Å². The van der Waals surface area contributed by atoms with Gasteiger partial charge in [0.2, 0.25) is 0 Å². The normalized spacial score (nSPS) is 11.9. The minimum absolute atomic E-state index is 0.389. The average molecular weight is 244 g/mol. The van der Waals surface area contributed by atoms with Crippen molar-refractivity contribution in [3.05, 3.63) is 53.8 Å². The Bertz CT molecular complexity index is 374. The van der Waals surface area contributed by atoms with Crippen LogP contribution in [0.25, 0.3) is 0 Å². The van der Waals surface area contributed by atoms with Crippen LogP contribution in [-0.2, 0) is 6.42 Å². The molecular formula is C17H24O. The van der Waals surface area contributed by atoms with Gasteiger partial charge in [-0.15, -0.1) is 5.73 Å². The fourth-order valence-electron chi connectivity index (χ4n) is 2.06.